The molecule has 0 aromatic carbocycles. The molecule has 6 heteroatoms. The van der Waals surface area contributed by atoms with Crippen molar-refractivity contribution in [2.45, 2.75) is 411 Å². The molecule has 0 aliphatic heterocycles. The molecule has 0 bridgehead atoms. The van der Waals surface area contributed by atoms with Crippen molar-refractivity contribution in [2.75, 3.05) is 13.2 Å². The van der Waals surface area contributed by atoms with Gasteiger partial charge in [0, 0.05) is 12.8 Å². The number of carbonyl (C=O) groups excluding carboxylic acids is 2. The van der Waals surface area contributed by atoms with Crippen molar-refractivity contribution >= 4 is 11.9 Å². The number of allylic oxidation sites excluding steroid dienone is 4. The summed E-state index contributed by atoms with van der Waals surface area (Å²) >= 11 is 0. The fourth-order valence-electron chi connectivity index (χ4n) is 11.3. The predicted molar refractivity (Wildman–Crippen MR) is 343 cm³/mol. The first kappa shape index (κ1) is 76.3. The number of carbonyl (C=O) groups is 2. The minimum atomic E-state index is -0.663. The molecule has 0 aromatic heterocycles. The van der Waals surface area contributed by atoms with Gasteiger partial charge in [-0.25, -0.2) is 0 Å². The maximum atomic E-state index is 12.5. The second-order valence-corrected chi connectivity index (χ2v) is 24.6. The number of esters is 1. The van der Waals surface area contributed by atoms with Crippen molar-refractivity contribution < 1.29 is 24.5 Å². The Morgan fingerprint density at radius 1 is 0.346 bits per heavy atom. The summed E-state index contributed by atoms with van der Waals surface area (Å²) in [5, 5.41) is 23.4. The molecular formula is C72H139NO5. The highest BCUT2D eigenvalue weighted by molar-refractivity contribution is 5.76. The molecule has 2 unspecified atom stereocenters. The zero-order valence-corrected chi connectivity index (χ0v) is 52.9. The van der Waals surface area contributed by atoms with E-state index in [0.29, 0.717) is 25.9 Å². The highest BCUT2D eigenvalue weighted by atomic mass is 16.5. The normalized spacial score (nSPS) is 12.6. The van der Waals surface area contributed by atoms with Gasteiger partial charge < -0.3 is 20.3 Å². The molecule has 0 saturated carbocycles. The van der Waals surface area contributed by atoms with Crippen LogP contribution in [0.5, 0.6) is 0 Å². The highest BCUT2D eigenvalue weighted by Gasteiger charge is 2.20. The van der Waals surface area contributed by atoms with Gasteiger partial charge in [-0.05, 0) is 77.0 Å². The Labute approximate surface area is 488 Å². The van der Waals surface area contributed by atoms with Crippen LogP contribution in [-0.2, 0) is 14.3 Å². The van der Waals surface area contributed by atoms with Crippen LogP contribution in [0.15, 0.2) is 24.3 Å². The number of rotatable bonds is 67. The van der Waals surface area contributed by atoms with E-state index in [1.807, 2.05) is 0 Å². The van der Waals surface area contributed by atoms with Crippen LogP contribution < -0.4 is 5.32 Å². The molecule has 0 radical (unpaired) electrons. The van der Waals surface area contributed by atoms with E-state index >= 15 is 0 Å². The molecule has 0 aromatic rings. The van der Waals surface area contributed by atoms with Crippen LogP contribution in [0.4, 0.5) is 0 Å². The second kappa shape index (κ2) is 67.8. The molecule has 0 heterocycles. The summed E-state index contributed by atoms with van der Waals surface area (Å²) in [4.78, 5) is 24.6. The summed E-state index contributed by atoms with van der Waals surface area (Å²) in [6.07, 6.45) is 85.2. The lowest BCUT2D eigenvalue weighted by Crippen LogP contribution is -2.45. The van der Waals surface area contributed by atoms with E-state index in [4.69, 9.17) is 4.74 Å². The number of hydrogen-bond donors (Lipinski definition) is 3. The van der Waals surface area contributed by atoms with Crippen LogP contribution in [0.3, 0.4) is 0 Å². The van der Waals surface area contributed by atoms with E-state index in [0.717, 1.165) is 44.9 Å². The van der Waals surface area contributed by atoms with Crippen molar-refractivity contribution in [1.29, 1.82) is 0 Å². The van der Waals surface area contributed by atoms with Gasteiger partial charge in [0.25, 0.3) is 0 Å². The van der Waals surface area contributed by atoms with Crippen LogP contribution in [0.2, 0.25) is 0 Å². The minimum absolute atomic E-state index is 0.00898. The Kier molecular flexibility index (Phi) is 66.4. The van der Waals surface area contributed by atoms with E-state index in [1.165, 1.54) is 321 Å². The molecule has 0 fully saturated rings. The van der Waals surface area contributed by atoms with Gasteiger partial charge in [-0.15, -0.1) is 0 Å². The Hall–Kier alpha value is -1.66. The molecule has 6 nitrogen and oxygen atoms in total. The van der Waals surface area contributed by atoms with Gasteiger partial charge in [-0.3, -0.25) is 9.59 Å². The molecule has 462 valence electrons. The van der Waals surface area contributed by atoms with Gasteiger partial charge in [0.15, 0.2) is 0 Å². The number of unbranched alkanes of at least 4 members (excludes halogenated alkanes) is 52. The fraction of sp³-hybridized carbons (Fsp3) is 0.917. The second-order valence-electron chi connectivity index (χ2n) is 24.6. The lowest BCUT2D eigenvalue weighted by Gasteiger charge is -2.22. The number of hydrogen-bond acceptors (Lipinski definition) is 5. The quantitative estimate of drug-likeness (QED) is 0.0320. The molecule has 0 aliphatic carbocycles. The van der Waals surface area contributed by atoms with Crippen LogP contribution in [-0.4, -0.2) is 47.4 Å². The third kappa shape index (κ3) is 63.5. The molecule has 78 heavy (non-hydrogen) atoms. The monoisotopic (exact) mass is 1100 g/mol. The summed E-state index contributed by atoms with van der Waals surface area (Å²) < 4.78 is 5.48. The summed E-state index contributed by atoms with van der Waals surface area (Å²) in [5.74, 6) is -0.0203. The minimum Gasteiger partial charge on any atom is -0.466 e. The Morgan fingerprint density at radius 3 is 0.923 bits per heavy atom. The first-order chi connectivity index (χ1) is 38.5. The van der Waals surface area contributed by atoms with Crippen molar-refractivity contribution in [3.05, 3.63) is 24.3 Å². The first-order valence-electron chi connectivity index (χ1n) is 35.6. The summed E-state index contributed by atoms with van der Waals surface area (Å²) in [7, 11) is 0. The van der Waals surface area contributed by atoms with Gasteiger partial charge in [0.1, 0.15) is 0 Å². The van der Waals surface area contributed by atoms with E-state index in [-0.39, 0.29) is 18.5 Å². The lowest BCUT2D eigenvalue weighted by molar-refractivity contribution is -0.143. The molecule has 3 N–H and O–H groups in total. The Balaban J connectivity index is 3.36. The van der Waals surface area contributed by atoms with Crippen LogP contribution in [0.1, 0.15) is 399 Å². The summed E-state index contributed by atoms with van der Waals surface area (Å²) in [5.41, 5.74) is 0. The molecule has 1 amide bonds. The zero-order chi connectivity index (χ0) is 56.4. The molecule has 0 saturated heterocycles. The van der Waals surface area contributed by atoms with E-state index < -0.39 is 12.1 Å². The standard InChI is InChI=1S/C72H139NO5/c1-3-5-7-9-11-13-15-17-18-34-37-41-44-48-52-56-60-64-70(75)69(68-74)73-71(76)65-61-57-53-49-45-42-38-35-32-30-28-26-24-22-20-19-21-23-25-27-29-31-33-36-39-43-47-51-55-59-63-67-78-72(77)66-62-58-54-50-46-40-16-14-12-10-8-6-4-2/h14,16,21,23,69-70,74-75H,3-13,15,17-20,22,24-68H2,1-2H3,(H,73,76)/b16-14-,23-21-. The van der Waals surface area contributed by atoms with E-state index in [9.17, 15) is 19.8 Å². The summed E-state index contributed by atoms with van der Waals surface area (Å²) in [6.45, 7) is 4.97. The first-order valence-corrected chi connectivity index (χ1v) is 35.6. The molecule has 0 spiro atoms. The van der Waals surface area contributed by atoms with Gasteiger partial charge in [0.05, 0.1) is 25.4 Å². The van der Waals surface area contributed by atoms with Crippen molar-refractivity contribution in [3.8, 4) is 0 Å². The third-order valence-electron chi connectivity index (χ3n) is 16.7. The molecule has 2 atom stereocenters. The van der Waals surface area contributed by atoms with Crippen LogP contribution in [0, 0.1) is 0 Å². The topological polar surface area (TPSA) is 95.9 Å². The predicted octanol–water partition coefficient (Wildman–Crippen LogP) is 22.9. The highest BCUT2D eigenvalue weighted by Crippen LogP contribution is 2.19. The van der Waals surface area contributed by atoms with Crippen LogP contribution >= 0.6 is 0 Å². The maximum Gasteiger partial charge on any atom is 0.305 e. The van der Waals surface area contributed by atoms with E-state index in [1.54, 1.807) is 0 Å². The Bertz CT molecular complexity index is 1220. The fourth-order valence-corrected chi connectivity index (χ4v) is 11.3. The largest absolute Gasteiger partial charge is 0.466 e. The average molecular weight is 1100 g/mol. The number of amides is 1. The van der Waals surface area contributed by atoms with Gasteiger partial charge >= 0.3 is 5.97 Å². The van der Waals surface area contributed by atoms with Crippen molar-refractivity contribution in [1.82, 2.24) is 5.32 Å². The lowest BCUT2D eigenvalue weighted by atomic mass is 10.0. The average Bonchev–Trinajstić information content (AvgIpc) is 3.44. The molecule has 0 rings (SSSR count). The number of aliphatic hydroxyl groups excluding tert-OH is 2. The molecular weight excluding hydrogens is 959 g/mol. The Morgan fingerprint density at radius 2 is 0.603 bits per heavy atom. The van der Waals surface area contributed by atoms with Gasteiger partial charge in [0.2, 0.25) is 5.91 Å². The van der Waals surface area contributed by atoms with Crippen molar-refractivity contribution in [2.24, 2.45) is 0 Å². The smallest absolute Gasteiger partial charge is 0.305 e. The van der Waals surface area contributed by atoms with Gasteiger partial charge in [-0.2, -0.15) is 0 Å². The summed E-state index contributed by atoms with van der Waals surface area (Å²) in [6, 6.07) is -0.540. The van der Waals surface area contributed by atoms with Crippen LogP contribution in [0.25, 0.3) is 0 Å². The number of ether oxygens (including phenoxy) is 1. The maximum absolute atomic E-state index is 12.5. The zero-order valence-electron chi connectivity index (χ0n) is 52.9. The molecule has 0 aliphatic rings. The van der Waals surface area contributed by atoms with E-state index in [2.05, 4.69) is 43.5 Å². The SMILES string of the molecule is CCCCCC/C=C\CCCCCCCC(=O)OCCCCCCCCCCCCCC/C=C\CCCCCCCCCCCCCCCCCC(=O)NC(CO)C(O)CCCCCCCCCCCCCCCCCCC. The number of nitrogens with one attached hydrogen (secondary N) is 1. The van der Waals surface area contributed by atoms with Crippen molar-refractivity contribution in [3.63, 3.8) is 0 Å². The van der Waals surface area contributed by atoms with Gasteiger partial charge in [-0.1, -0.05) is 334 Å². The third-order valence-corrected chi connectivity index (χ3v) is 16.7. The number of aliphatic hydroxyl groups is 2.